The third-order valence-corrected chi connectivity index (χ3v) is 3.29. The average molecular weight is 213 g/mol. The molecule has 0 atom stereocenters. The van der Waals surface area contributed by atoms with Crippen molar-refractivity contribution in [1.29, 1.82) is 0 Å². The van der Waals surface area contributed by atoms with Crippen molar-refractivity contribution in [3.05, 3.63) is 5.56 Å². The van der Waals surface area contributed by atoms with Crippen LogP contribution in [0, 0.1) is 6.92 Å². The maximum absolute atomic E-state index is 5.75. The maximum atomic E-state index is 5.75. The number of nitrogens with two attached hydrogens (primary N) is 1. The van der Waals surface area contributed by atoms with Gasteiger partial charge in [-0.1, -0.05) is 6.92 Å². The largest absolute Gasteiger partial charge is 0.383 e. The van der Waals surface area contributed by atoms with E-state index in [4.69, 9.17) is 5.73 Å². The lowest BCUT2D eigenvalue weighted by molar-refractivity contribution is 0.675. The Morgan fingerprint density at radius 3 is 2.50 bits per heavy atom. The number of hydrogen-bond donors (Lipinski definition) is 1. The Bertz CT molecular complexity index is 294. The predicted octanol–water partition coefficient (Wildman–Crippen LogP) is 2.66. The summed E-state index contributed by atoms with van der Waals surface area (Å²) >= 11 is 1.50. The van der Waals surface area contributed by atoms with E-state index < -0.39 is 0 Å². The van der Waals surface area contributed by atoms with Crippen LogP contribution in [0.15, 0.2) is 0 Å². The van der Waals surface area contributed by atoms with Crippen molar-refractivity contribution in [3.63, 3.8) is 0 Å². The second-order valence-electron chi connectivity index (χ2n) is 3.79. The van der Waals surface area contributed by atoms with E-state index in [2.05, 4.69) is 30.0 Å². The van der Waals surface area contributed by atoms with Gasteiger partial charge in [0, 0.05) is 18.2 Å². The summed E-state index contributed by atoms with van der Waals surface area (Å²) in [6, 6.07) is 0.508. The molecule has 0 aromatic carbocycles. The molecule has 1 aromatic rings. The van der Waals surface area contributed by atoms with Crippen LogP contribution in [0.3, 0.4) is 0 Å². The number of anilines is 2. The van der Waals surface area contributed by atoms with E-state index >= 15 is 0 Å². The molecule has 3 nitrogen and oxygen atoms in total. The predicted molar refractivity (Wildman–Crippen MR) is 64.0 cm³/mol. The molecule has 0 aliphatic rings. The molecule has 4 heteroatoms. The molecule has 14 heavy (non-hydrogen) atoms. The van der Waals surface area contributed by atoms with E-state index in [1.165, 1.54) is 16.5 Å². The van der Waals surface area contributed by atoms with Crippen LogP contribution in [-0.4, -0.2) is 17.0 Å². The quantitative estimate of drug-likeness (QED) is 0.836. The van der Waals surface area contributed by atoms with Gasteiger partial charge in [0.05, 0.1) is 0 Å². The van der Waals surface area contributed by atoms with Crippen LogP contribution in [0.4, 0.5) is 10.8 Å². The van der Waals surface area contributed by atoms with Crippen LogP contribution < -0.4 is 10.6 Å². The van der Waals surface area contributed by atoms with Gasteiger partial charge in [0.25, 0.3) is 0 Å². The summed E-state index contributed by atoms with van der Waals surface area (Å²) in [6.45, 7) is 9.70. The van der Waals surface area contributed by atoms with Crippen LogP contribution in [0.5, 0.6) is 0 Å². The number of aromatic nitrogens is 1. The molecule has 80 valence electrons. The van der Waals surface area contributed by atoms with Crippen molar-refractivity contribution in [2.45, 2.75) is 40.2 Å². The molecular weight excluding hydrogens is 194 g/mol. The monoisotopic (exact) mass is 213 g/mol. The van der Waals surface area contributed by atoms with Crippen molar-refractivity contribution in [2.75, 3.05) is 17.2 Å². The minimum absolute atomic E-state index is 0.508. The lowest BCUT2D eigenvalue weighted by Gasteiger charge is -2.27. The average Bonchev–Trinajstić information content (AvgIpc) is 2.44. The molecule has 0 aliphatic heterocycles. The Labute approximate surface area is 90.1 Å². The molecule has 0 saturated heterocycles. The maximum Gasteiger partial charge on any atom is 0.142 e. The highest BCUT2D eigenvalue weighted by molar-refractivity contribution is 7.10. The van der Waals surface area contributed by atoms with Gasteiger partial charge in [-0.2, -0.15) is 4.37 Å². The highest BCUT2D eigenvalue weighted by Crippen LogP contribution is 2.30. The van der Waals surface area contributed by atoms with Gasteiger partial charge in [0.15, 0.2) is 0 Å². The number of nitrogen functional groups attached to an aromatic ring is 1. The minimum Gasteiger partial charge on any atom is -0.383 e. The molecule has 0 fully saturated rings. The topological polar surface area (TPSA) is 42.2 Å². The third kappa shape index (κ3) is 2.18. The SMILES string of the molecule is CCCN(c1snc(N)c1C)C(C)C. The smallest absolute Gasteiger partial charge is 0.142 e. The van der Waals surface area contributed by atoms with Crippen LogP contribution in [0.25, 0.3) is 0 Å². The summed E-state index contributed by atoms with van der Waals surface area (Å²) < 4.78 is 4.18. The van der Waals surface area contributed by atoms with Gasteiger partial charge >= 0.3 is 0 Å². The molecule has 0 amide bonds. The zero-order valence-corrected chi connectivity index (χ0v) is 10.2. The summed E-state index contributed by atoms with van der Waals surface area (Å²) in [4.78, 5) is 2.36. The van der Waals surface area contributed by atoms with Gasteiger partial charge in [0.2, 0.25) is 0 Å². The van der Waals surface area contributed by atoms with Crippen LogP contribution in [0.2, 0.25) is 0 Å². The van der Waals surface area contributed by atoms with Gasteiger partial charge in [-0.3, -0.25) is 0 Å². The first kappa shape index (κ1) is 11.3. The second kappa shape index (κ2) is 4.64. The fourth-order valence-corrected chi connectivity index (χ4v) is 2.41. The molecular formula is C10H19N3S. The van der Waals surface area contributed by atoms with Crippen molar-refractivity contribution < 1.29 is 0 Å². The molecule has 0 radical (unpaired) electrons. The van der Waals surface area contributed by atoms with Crippen molar-refractivity contribution >= 4 is 22.4 Å². The van der Waals surface area contributed by atoms with Crippen LogP contribution in [-0.2, 0) is 0 Å². The fraction of sp³-hybridized carbons (Fsp3) is 0.700. The van der Waals surface area contributed by atoms with E-state index in [-0.39, 0.29) is 0 Å². The first-order valence-electron chi connectivity index (χ1n) is 5.06. The molecule has 0 saturated carbocycles. The first-order valence-corrected chi connectivity index (χ1v) is 5.83. The molecule has 1 rings (SSSR count). The summed E-state index contributed by atoms with van der Waals surface area (Å²) in [7, 11) is 0. The Hall–Kier alpha value is -0.770. The van der Waals surface area contributed by atoms with E-state index in [1.54, 1.807) is 0 Å². The summed E-state index contributed by atoms with van der Waals surface area (Å²) in [5, 5.41) is 1.22. The molecule has 1 heterocycles. The fourth-order valence-electron chi connectivity index (χ4n) is 1.44. The van der Waals surface area contributed by atoms with E-state index in [0.29, 0.717) is 11.9 Å². The van der Waals surface area contributed by atoms with Gasteiger partial charge < -0.3 is 10.6 Å². The van der Waals surface area contributed by atoms with Gasteiger partial charge in [-0.25, -0.2) is 0 Å². The lowest BCUT2D eigenvalue weighted by atomic mass is 10.2. The first-order chi connectivity index (χ1) is 6.57. The third-order valence-electron chi connectivity index (χ3n) is 2.28. The van der Waals surface area contributed by atoms with Crippen LogP contribution in [0.1, 0.15) is 32.8 Å². The minimum atomic E-state index is 0.508. The summed E-state index contributed by atoms with van der Waals surface area (Å²) in [5.74, 6) is 0.673. The van der Waals surface area contributed by atoms with Crippen LogP contribution >= 0.6 is 11.5 Å². The van der Waals surface area contributed by atoms with E-state index in [9.17, 15) is 0 Å². The van der Waals surface area contributed by atoms with E-state index in [0.717, 1.165) is 18.5 Å². The highest BCUT2D eigenvalue weighted by atomic mass is 32.1. The van der Waals surface area contributed by atoms with Gasteiger partial charge in [0.1, 0.15) is 10.8 Å². The Morgan fingerprint density at radius 2 is 2.14 bits per heavy atom. The highest BCUT2D eigenvalue weighted by Gasteiger charge is 2.16. The normalized spacial score (nSPS) is 10.9. The van der Waals surface area contributed by atoms with Gasteiger partial charge in [-0.05, 0) is 38.7 Å². The standard InChI is InChI=1S/C10H19N3S/c1-5-6-13(7(2)3)10-8(4)9(11)12-14-10/h7H,5-6H2,1-4H3,(H2,11,12). The summed E-state index contributed by atoms with van der Waals surface area (Å²) in [5.41, 5.74) is 6.87. The molecule has 0 bridgehead atoms. The molecule has 0 spiro atoms. The molecule has 2 N–H and O–H groups in total. The zero-order chi connectivity index (χ0) is 10.7. The van der Waals surface area contributed by atoms with Gasteiger partial charge in [-0.15, -0.1) is 0 Å². The molecule has 0 unspecified atom stereocenters. The van der Waals surface area contributed by atoms with Crippen molar-refractivity contribution in [3.8, 4) is 0 Å². The number of hydrogen-bond acceptors (Lipinski definition) is 4. The lowest BCUT2D eigenvalue weighted by Crippen LogP contribution is -2.31. The molecule has 0 aliphatic carbocycles. The van der Waals surface area contributed by atoms with Crippen molar-refractivity contribution in [2.24, 2.45) is 0 Å². The van der Waals surface area contributed by atoms with Crippen molar-refractivity contribution in [1.82, 2.24) is 4.37 Å². The number of nitrogens with zero attached hydrogens (tertiary/aromatic N) is 2. The Balaban J connectivity index is 2.93. The zero-order valence-electron chi connectivity index (χ0n) is 9.37. The Kier molecular flexibility index (Phi) is 3.75. The Morgan fingerprint density at radius 1 is 1.50 bits per heavy atom. The second-order valence-corrected chi connectivity index (χ2v) is 4.54. The van der Waals surface area contributed by atoms with E-state index in [1.807, 2.05) is 6.92 Å². The number of rotatable bonds is 4. The summed E-state index contributed by atoms with van der Waals surface area (Å²) in [6.07, 6.45) is 1.15. The molecule has 1 aromatic heterocycles.